The molecule has 0 amide bonds. The van der Waals surface area contributed by atoms with Gasteiger partial charge in [0, 0.05) is 11.3 Å². The molecule has 0 aliphatic carbocycles. The van der Waals surface area contributed by atoms with Crippen LogP contribution in [0.15, 0.2) is 4.79 Å². The van der Waals surface area contributed by atoms with Crippen LogP contribution in [0.5, 0.6) is 5.75 Å². The minimum Gasteiger partial charge on any atom is -0.507 e. The zero-order chi connectivity index (χ0) is 8.59. The zero-order valence-corrected chi connectivity index (χ0v) is 6.86. The fourth-order valence-corrected chi connectivity index (χ4v) is 0.924. The van der Waals surface area contributed by atoms with E-state index in [1.54, 1.807) is 20.8 Å². The molecule has 0 aromatic carbocycles. The summed E-state index contributed by atoms with van der Waals surface area (Å²) in [7, 11) is 0. The van der Waals surface area contributed by atoms with Crippen LogP contribution in [0.4, 0.5) is 0 Å². The first kappa shape index (κ1) is 7.85. The third-order valence-electron chi connectivity index (χ3n) is 1.91. The number of rotatable bonds is 0. The van der Waals surface area contributed by atoms with E-state index >= 15 is 0 Å². The van der Waals surface area contributed by atoms with Gasteiger partial charge in [0.2, 0.25) is 0 Å². The molecule has 1 aromatic heterocycles. The summed E-state index contributed by atoms with van der Waals surface area (Å²) >= 11 is 0. The molecular weight excluding hydrogens is 142 g/mol. The highest BCUT2D eigenvalue weighted by molar-refractivity contribution is 5.38. The molecule has 0 spiro atoms. The smallest absolute Gasteiger partial charge is 0.254 e. The highest BCUT2D eigenvalue weighted by Gasteiger charge is 2.06. The summed E-state index contributed by atoms with van der Waals surface area (Å²) in [6.07, 6.45) is 0. The van der Waals surface area contributed by atoms with Crippen LogP contribution < -0.4 is 5.56 Å². The van der Waals surface area contributed by atoms with Crippen LogP contribution in [0.3, 0.4) is 0 Å². The molecule has 1 aromatic rings. The van der Waals surface area contributed by atoms with E-state index in [0.717, 1.165) is 11.3 Å². The lowest BCUT2D eigenvalue weighted by Crippen LogP contribution is -2.11. The van der Waals surface area contributed by atoms with Gasteiger partial charge in [0.15, 0.2) is 0 Å². The highest BCUT2D eigenvalue weighted by atomic mass is 16.3. The molecule has 3 heteroatoms. The Morgan fingerprint density at radius 1 is 1.18 bits per heavy atom. The fraction of sp³-hybridized carbons (Fsp3) is 0.375. The average Bonchev–Trinajstić information content (AvgIpc) is 1.97. The molecule has 0 fully saturated rings. The Morgan fingerprint density at radius 3 is 2.27 bits per heavy atom. The lowest BCUT2D eigenvalue weighted by molar-refractivity contribution is 0.464. The molecule has 0 saturated heterocycles. The van der Waals surface area contributed by atoms with Gasteiger partial charge in [0.1, 0.15) is 5.75 Å². The number of H-pyrrole nitrogens is 1. The zero-order valence-electron chi connectivity index (χ0n) is 6.86. The van der Waals surface area contributed by atoms with Crippen molar-refractivity contribution in [3.63, 3.8) is 0 Å². The maximum Gasteiger partial charge on any atom is 0.254 e. The van der Waals surface area contributed by atoms with E-state index in [2.05, 4.69) is 4.98 Å². The van der Waals surface area contributed by atoms with Gasteiger partial charge < -0.3 is 10.1 Å². The first-order valence-corrected chi connectivity index (χ1v) is 3.43. The number of hydrogen-bond donors (Lipinski definition) is 2. The Hall–Kier alpha value is -1.25. The van der Waals surface area contributed by atoms with E-state index in [4.69, 9.17) is 0 Å². The molecule has 0 radical (unpaired) electrons. The van der Waals surface area contributed by atoms with Crippen LogP contribution in [-0.4, -0.2) is 10.1 Å². The lowest BCUT2D eigenvalue weighted by atomic mass is 10.1. The summed E-state index contributed by atoms with van der Waals surface area (Å²) in [5.74, 6) is 0.103. The van der Waals surface area contributed by atoms with E-state index in [9.17, 15) is 9.90 Å². The fourth-order valence-electron chi connectivity index (χ4n) is 0.924. The van der Waals surface area contributed by atoms with Gasteiger partial charge in [-0.15, -0.1) is 0 Å². The van der Waals surface area contributed by atoms with Gasteiger partial charge in [-0.05, 0) is 20.8 Å². The van der Waals surface area contributed by atoms with Crippen molar-refractivity contribution < 1.29 is 5.11 Å². The number of aromatic amines is 1. The maximum atomic E-state index is 11.0. The van der Waals surface area contributed by atoms with Crippen molar-refractivity contribution in [2.24, 2.45) is 0 Å². The third-order valence-corrected chi connectivity index (χ3v) is 1.91. The largest absolute Gasteiger partial charge is 0.507 e. The number of aromatic nitrogens is 1. The minimum absolute atomic E-state index is 0.103. The lowest BCUT2D eigenvalue weighted by Gasteiger charge is -2.04. The summed E-state index contributed by atoms with van der Waals surface area (Å²) in [6.45, 7) is 5.13. The molecule has 3 nitrogen and oxygen atoms in total. The van der Waals surface area contributed by atoms with Crippen LogP contribution >= 0.6 is 0 Å². The van der Waals surface area contributed by atoms with Crippen molar-refractivity contribution >= 4 is 0 Å². The van der Waals surface area contributed by atoms with E-state index < -0.39 is 0 Å². The van der Waals surface area contributed by atoms with Crippen molar-refractivity contribution in [2.75, 3.05) is 0 Å². The molecule has 2 N–H and O–H groups in total. The molecule has 0 atom stereocenters. The second kappa shape index (κ2) is 2.42. The Balaban J connectivity index is 3.59. The van der Waals surface area contributed by atoms with Crippen molar-refractivity contribution in [3.05, 3.63) is 27.2 Å². The molecule has 1 rings (SSSR count). The molecule has 11 heavy (non-hydrogen) atoms. The second-order valence-corrected chi connectivity index (χ2v) is 2.68. The Bertz CT molecular complexity index is 339. The van der Waals surface area contributed by atoms with E-state index in [-0.39, 0.29) is 11.3 Å². The number of hydrogen-bond acceptors (Lipinski definition) is 2. The van der Waals surface area contributed by atoms with Gasteiger partial charge in [-0.3, -0.25) is 4.79 Å². The highest BCUT2D eigenvalue weighted by Crippen LogP contribution is 2.18. The van der Waals surface area contributed by atoms with Gasteiger partial charge in [-0.25, -0.2) is 0 Å². The van der Waals surface area contributed by atoms with Crippen LogP contribution in [0, 0.1) is 20.8 Å². The van der Waals surface area contributed by atoms with Crippen molar-refractivity contribution in [2.45, 2.75) is 20.8 Å². The summed E-state index contributed by atoms with van der Waals surface area (Å²) in [5, 5.41) is 9.35. The van der Waals surface area contributed by atoms with Gasteiger partial charge in [0.25, 0.3) is 5.56 Å². The topological polar surface area (TPSA) is 53.1 Å². The van der Waals surface area contributed by atoms with Gasteiger partial charge in [-0.1, -0.05) is 0 Å². The van der Waals surface area contributed by atoms with Crippen LogP contribution in [0.1, 0.15) is 16.8 Å². The number of aromatic hydroxyl groups is 1. The molecular formula is C8H11NO2. The predicted molar refractivity (Wildman–Crippen MR) is 42.9 cm³/mol. The number of aryl methyl sites for hydroxylation is 1. The normalized spacial score (nSPS) is 10.1. The Kier molecular flexibility index (Phi) is 1.72. The van der Waals surface area contributed by atoms with Crippen molar-refractivity contribution in [1.82, 2.24) is 4.98 Å². The van der Waals surface area contributed by atoms with Crippen molar-refractivity contribution in [3.8, 4) is 5.75 Å². The monoisotopic (exact) mass is 153 g/mol. The standard InChI is InChI=1S/C8H11NO2/c1-4-6(3)9-8(11)5(2)7(4)10/h1-3H3,(H2,9,10,11). The third kappa shape index (κ3) is 1.13. The van der Waals surface area contributed by atoms with Crippen LogP contribution in [0.25, 0.3) is 0 Å². The summed E-state index contributed by atoms with van der Waals surface area (Å²) < 4.78 is 0. The molecule has 0 aliphatic rings. The Morgan fingerprint density at radius 2 is 1.73 bits per heavy atom. The Labute approximate surface area is 64.7 Å². The van der Waals surface area contributed by atoms with E-state index in [0.29, 0.717) is 5.56 Å². The SMILES string of the molecule is Cc1[nH]c(=O)c(C)c(O)c1C. The number of nitrogens with one attached hydrogen (secondary N) is 1. The minimum atomic E-state index is -0.217. The van der Waals surface area contributed by atoms with Crippen molar-refractivity contribution in [1.29, 1.82) is 0 Å². The predicted octanol–water partition coefficient (Wildman–Crippen LogP) is 1.01. The molecule has 0 saturated carbocycles. The van der Waals surface area contributed by atoms with Gasteiger partial charge in [-0.2, -0.15) is 0 Å². The maximum absolute atomic E-state index is 11.0. The quantitative estimate of drug-likeness (QED) is 0.584. The average molecular weight is 153 g/mol. The summed E-state index contributed by atoms with van der Waals surface area (Å²) in [4.78, 5) is 13.6. The molecule has 0 unspecified atom stereocenters. The van der Waals surface area contributed by atoms with Gasteiger partial charge in [0.05, 0.1) is 5.56 Å². The van der Waals surface area contributed by atoms with E-state index in [1.807, 2.05) is 0 Å². The second-order valence-electron chi connectivity index (χ2n) is 2.68. The van der Waals surface area contributed by atoms with Crippen LogP contribution in [0.2, 0.25) is 0 Å². The molecule has 1 heterocycles. The summed E-state index contributed by atoms with van der Waals surface area (Å²) in [5.41, 5.74) is 1.62. The molecule has 0 aliphatic heterocycles. The first-order chi connectivity index (χ1) is 5.04. The van der Waals surface area contributed by atoms with Crippen LogP contribution in [-0.2, 0) is 0 Å². The summed E-state index contributed by atoms with van der Waals surface area (Å²) in [6, 6.07) is 0. The first-order valence-electron chi connectivity index (χ1n) is 3.43. The molecule has 60 valence electrons. The van der Waals surface area contributed by atoms with E-state index in [1.165, 1.54) is 0 Å². The molecule has 0 bridgehead atoms. The van der Waals surface area contributed by atoms with Gasteiger partial charge >= 0.3 is 0 Å². The number of pyridine rings is 1.